The van der Waals surface area contributed by atoms with E-state index in [9.17, 15) is 13.0 Å². The van der Waals surface area contributed by atoms with E-state index in [1.807, 2.05) is 6.92 Å². The van der Waals surface area contributed by atoms with Gasteiger partial charge in [0.05, 0.1) is 18.6 Å². The summed E-state index contributed by atoms with van der Waals surface area (Å²) in [6, 6.07) is 6.50. The molecule has 102 valence electrons. The van der Waals surface area contributed by atoms with Crippen molar-refractivity contribution in [2.24, 2.45) is 0 Å². The zero-order chi connectivity index (χ0) is 13.8. The summed E-state index contributed by atoms with van der Waals surface area (Å²) in [5.41, 5.74) is 0.992. The van der Waals surface area contributed by atoms with Crippen molar-refractivity contribution in [3.05, 3.63) is 29.8 Å². The first-order valence-corrected chi connectivity index (χ1v) is 9.90. The van der Waals surface area contributed by atoms with Gasteiger partial charge in [0.15, 0.2) is 0 Å². The molecule has 18 heavy (non-hydrogen) atoms. The third-order valence-corrected chi connectivity index (χ3v) is 5.11. The van der Waals surface area contributed by atoms with Crippen LogP contribution in [-0.2, 0) is 18.9 Å². The molecule has 0 aliphatic heterocycles. The van der Waals surface area contributed by atoms with Crippen LogP contribution in [-0.4, -0.2) is 34.5 Å². The Morgan fingerprint density at radius 3 is 2.22 bits per heavy atom. The summed E-state index contributed by atoms with van der Waals surface area (Å²) in [4.78, 5) is 0.157. The monoisotopic (exact) mass is 290 g/mol. The molecule has 0 saturated heterocycles. The number of hydrogen-bond acceptors (Lipinski definition) is 4. The van der Waals surface area contributed by atoms with Gasteiger partial charge in [0, 0.05) is 6.16 Å². The van der Waals surface area contributed by atoms with Crippen molar-refractivity contribution in [3.8, 4) is 0 Å². The Bertz CT molecular complexity index is 528. The van der Waals surface area contributed by atoms with Crippen molar-refractivity contribution in [2.75, 3.05) is 26.1 Å². The van der Waals surface area contributed by atoms with Gasteiger partial charge in [-0.25, -0.2) is 0 Å². The van der Waals surface area contributed by atoms with Crippen LogP contribution in [0.5, 0.6) is 0 Å². The SMILES string of the molecule is Cc1ccc(S(=O)(=O)OCCCP(C)(C)=O)cc1. The zero-order valence-corrected chi connectivity index (χ0v) is 12.6. The van der Waals surface area contributed by atoms with Gasteiger partial charge >= 0.3 is 0 Å². The van der Waals surface area contributed by atoms with E-state index in [4.69, 9.17) is 4.18 Å². The molecular weight excluding hydrogens is 271 g/mol. The molecule has 0 radical (unpaired) electrons. The molecule has 0 amide bonds. The molecule has 1 rings (SSSR count). The molecule has 0 aromatic heterocycles. The summed E-state index contributed by atoms with van der Waals surface area (Å²) in [6.07, 6.45) is 0.978. The lowest BCUT2D eigenvalue weighted by Crippen LogP contribution is -2.08. The second kappa shape index (κ2) is 6.00. The van der Waals surface area contributed by atoms with Gasteiger partial charge < -0.3 is 4.57 Å². The molecule has 0 N–H and O–H groups in total. The van der Waals surface area contributed by atoms with Crippen LogP contribution in [0.25, 0.3) is 0 Å². The van der Waals surface area contributed by atoms with Gasteiger partial charge in [-0.15, -0.1) is 0 Å². The zero-order valence-electron chi connectivity index (χ0n) is 10.9. The fraction of sp³-hybridized carbons (Fsp3) is 0.500. The molecule has 0 aliphatic rings. The Hall–Kier alpha value is -0.640. The quantitative estimate of drug-likeness (QED) is 0.459. The van der Waals surface area contributed by atoms with E-state index < -0.39 is 17.3 Å². The highest BCUT2D eigenvalue weighted by atomic mass is 32.2. The van der Waals surface area contributed by atoms with E-state index in [0.29, 0.717) is 12.6 Å². The van der Waals surface area contributed by atoms with Crippen LogP contribution < -0.4 is 0 Å². The number of rotatable bonds is 6. The Labute approximate surface area is 109 Å². The lowest BCUT2D eigenvalue weighted by molar-refractivity contribution is 0.318. The summed E-state index contributed by atoms with van der Waals surface area (Å²) < 4.78 is 39.9. The maximum atomic E-state index is 11.8. The minimum Gasteiger partial charge on any atom is -0.324 e. The first-order chi connectivity index (χ1) is 8.21. The van der Waals surface area contributed by atoms with Gasteiger partial charge in [-0.05, 0) is 38.8 Å². The van der Waals surface area contributed by atoms with Crippen molar-refractivity contribution >= 4 is 17.3 Å². The third kappa shape index (κ3) is 5.34. The van der Waals surface area contributed by atoms with Crippen LogP contribution in [0.1, 0.15) is 12.0 Å². The topological polar surface area (TPSA) is 60.4 Å². The Balaban J connectivity index is 2.56. The van der Waals surface area contributed by atoms with Gasteiger partial charge in [0.1, 0.15) is 0 Å². The molecule has 6 heteroatoms. The third-order valence-electron chi connectivity index (χ3n) is 2.39. The lowest BCUT2D eigenvalue weighted by Gasteiger charge is -2.08. The molecule has 1 aromatic rings. The molecule has 0 unspecified atom stereocenters. The number of aryl methyl sites for hydroxylation is 1. The predicted octanol–water partition coefficient (Wildman–Crippen LogP) is 2.71. The first kappa shape index (κ1) is 15.4. The number of benzene rings is 1. The molecule has 0 atom stereocenters. The molecule has 0 heterocycles. The molecule has 1 aromatic carbocycles. The van der Waals surface area contributed by atoms with Gasteiger partial charge in [0.25, 0.3) is 10.1 Å². The largest absolute Gasteiger partial charge is 0.324 e. The maximum Gasteiger partial charge on any atom is 0.296 e. The highest BCUT2D eigenvalue weighted by Crippen LogP contribution is 2.36. The van der Waals surface area contributed by atoms with E-state index in [-0.39, 0.29) is 11.5 Å². The van der Waals surface area contributed by atoms with Crippen LogP contribution in [0.15, 0.2) is 29.2 Å². The summed E-state index contributed by atoms with van der Waals surface area (Å²) in [5, 5.41) is 0. The van der Waals surface area contributed by atoms with Gasteiger partial charge in [-0.2, -0.15) is 8.42 Å². The number of hydrogen-bond donors (Lipinski definition) is 0. The normalized spacial score (nSPS) is 12.6. The first-order valence-electron chi connectivity index (χ1n) is 5.71. The molecule has 0 aliphatic carbocycles. The summed E-state index contributed by atoms with van der Waals surface area (Å²) in [7, 11) is -5.79. The van der Waals surface area contributed by atoms with Crippen molar-refractivity contribution in [1.29, 1.82) is 0 Å². The summed E-state index contributed by atoms with van der Waals surface area (Å²) >= 11 is 0. The molecule has 0 spiro atoms. The van der Waals surface area contributed by atoms with E-state index >= 15 is 0 Å². The van der Waals surface area contributed by atoms with Crippen molar-refractivity contribution in [3.63, 3.8) is 0 Å². The van der Waals surface area contributed by atoms with Crippen LogP contribution in [0.2, 0.25) is 0 Å². The van der Waals surface area contributed by atoms with Crippen molar-refractivity contribution < 1.29 is 17.2 Å². The lowest BCUT2D eigenvalue weighted by atomic mass is 10.2. The van der Waals surface area contributed by atoms with Gasteiger partial charge in [0.2, 0.25) is 0 Å². The molecule has 4 nitrogen and oxygen atoms in total. The minimum atomic E-state index is -3.68. The van der Waals surface area contributed by atoms with Gasteiger partial charge in [-0.3, -0.25) is 4.18 Å². The second-order valence-corrected chi connectivity index (χ2v) is 9.95. The van der Waals surface area contributed by atoms with E-state index in [2.05, 4.69) is 0 Å². The molecular formula is C12H19O4PS. The standard InChI is InChI=1S/C12H19O4PS/c1-11-5-7-12(8-6-11)18(14,15)16-9-4-10-17(2,3)13/h5-8H,4,9-10H2,1-3H3. The fourth-order valence-electron chi connectivity index (χ4n) is 1.39. The Kier molecular flexibility index (Phi) is 5.14. The second-order valence-electron chi connectivity index (χ2n) is 4.74. The average molecular weight is 290 g/mol. The van der Waals surface area contributed by atoms with Crippen LogP contribution >= 0.6 is 7.14 Å². The summed E-state index contributed by atoms with van der Waals surface area (Å²) in [5.74, 6) is 0. The van der Waals surface area contributed by atoms with E-state index in [1.165, 1.54) is 12.1 Å². The molecule has 0 saturated carbocycles. The van der Waals surface area contributed by atoms with Crippen LogP contribution in [0.3, 0.4) is 0 Å². The van der Waals surface area contributed by atoms with Crippen LogP contribution in [0.4, 0.5) is 0 Å². The van der Waals surface area contributed by atoms with Crippen LogP contribution in [0, 0.1) is 6.92 Å². The van der Waals surface area contributed by atoms with E-state index in [1.54, 1.807) is 25.5 Å². The minimum absolute atomic E-state index is 0.0713. The summed E-state index contributed by atoms with van der Waals surface area (Å²) in [6.45, 7) is 5.32. The molecule has 0 bridgehead atoms. The van der Waals surface area contributed by atoms with E-state index in [0.717, 1.165) is 5.56 Å². The average Bonchev–Trinajstić information content (AvgIpc) is 2.24. The Morgan fingerprint density at radius 1 is 1.17 bits per heavy atom. The fourth-order valence-corrected chi connectivity index (χ4v) is 3.22. The highest BCUT2D eigenvalue weighted by Gasteiger charge is 2.15. The Morgan fingerprint density at radius 2 is 1.72 bits per heavy atom. The van der Waals surface area contributed by atoms with Crippen molar-refractivity contribution in [2.45, 2.75) is 18.2 Å². The predicted molar refractivity (Wildman–Crippen MR) is 73.3 cm³/mol. The maximum absolute atomic E-state index is 11.8. The van der Waals surface area contributed by atoms with Crippen molar-refractivity contribution in [1.82, 2.24) is 0 Å². The van der Waals surface area contributed by atoms with Gasteiger partial charge in [-0.1, -0.05) is 17.7 Å². The molecule has 0 fully saturated rings. The highest BCUT2D eigenvalue weighted by molar-refractivity contribution is 7.86. The smallest absolute Gasteiger partial charge is 0.296 e.